The third-order valence-corrected chi connectivity index (χ3v) is 5.99. The lowest BCUT2D eigenvalue weighted by atomic mass is 10.2. The Balaban J connectivity index is 0.000000186. The molecule has 0 spiro atoms. The average Bonchev–Trinajstić information content (AvgIpc) is 3.21. The summed E-state index contributed by atoms with van der Waals surface area (Å²) in [5.74, 6) is 0. The molecule has 2 aromatic heterocycles. The van der Waals surface area contributed by atoms with Gasteiger partial charge in [-0.25, -0.2) is 9.97 Å². The van der Waals surface area contributed by atoms with Crippen molar-refractivity contribution in [1.29, 1.82) is 0 Å². The quantitative estimate of drug-likeness (QED) is 0.486. The topological polar surface area (TPSA) is 54.9 Å². The Labute approximate surface area is 160 Å². The van der Waals surface area contributed by atoms with Gasteiger partial charge in [-0.15, -0.1) is 34.4 Å². The SMILES string of the molecule is CNc1nc(-c2sc(C)nc2C)cs1.CSc1cccc(CC=O)c1. The van der Waals surface area contributed by atoms with Gasteiger partial charge < -0.3 is 10.1 Å². The van der Waals surface area contributed by atoms with Crippen molar-refractivity contribution in [3.8, 4) is 10.6 Å². The summed E-state index contributed by atoms with van der Waals surface area (Å²) in [5, 5.41) is 7.14. The maximum Gasteiger partial charge on any atom is 0.182 e. The molecule has 0 fully saturated rings. The highest BCUT2D eigenvalue weighted by molar-refractivity contribution is 7.98. The molecule has 3 rings (SSSR count). The van der Waals surface area contributed by atoms with Crippen LogP contribution in [0.3, 0.4) is 0 Å². The van der Waals surface area contributed by atoms with Crippen molar-refractivity contribution in [2.75, 3.05) is 18.6 Å². The van der Waals surface area contributed by atoms with Gasteiger partial charge in [0.05, 0.1) is 21.3 Å². The lowest BCUT2D eigenvalue weighted by Crippen LogP contribution is -1.85. The van der Waals surface area contributed by atoms with Gasteiger partial charge >= 0.3 is 0 Å². The van der Waals surface area contributed by atoms with E-state index in [0.29, 0.717) is 6.42 Å². The van der Waals surface area contributed by atoms with Crippen LogP contribution in [0.4, 0.5) is 5.13 Å². The molecular formula is C18H21N3OS3. The van der Waals surface area contributed by atoms with E-state index < -0.39 is 0 Å². The number of rotatable bonds is 5. The Morgan fingerprint density at radius 2 is 2.08 bits per heavy atom. The predicted molar refractivity (Wildman–Crippen MR) is 110 cm³/mol. The number of nitrogens with one attached hydrogen (secondary N) is 1. The maximum atomic E-state index is 10.2. The molecule has 2 heterocycles. The van der Waals surface area contributed by atoms with Gasteiger partial charge in [0.15, 0.2) is 5.13 Å². The zero-order valence-electron chi connectivity index (χ0n) is 14.7. The number of carbonyl (C=O) groups excluding carboxylic acids is 1. The van der Waals surface area contributed by atoms with Crippen LogP contribution in [0.25, 0.3) is 10.6 Å². The van der Waals surface area contributed by atoms with E-state index in [1.165, 1.54) is 9.77 Å². The van der Waals surface area contributed by atoms with Crippen molar-refractivity contribution in [3.63, 3.8) is 0 Å². The summed E-state index contributed by atoms with van der Waals surface area (Å²) in [6.45, 7) is 4.05. The number of aromatic nitrogens is 2. The van der Waals surface area contributed by atoms with Crippen molar-refractivity contribution in [2.45, 2.75) is 25.2 Å². The molecule has 0 saturated heterocycles. The van der Waals surface area contributed by atoms with Crippen LogP contribution in [-0.2, 0) is 11.2 Å². The molecule has 1 N–H and O–H groups in total. The van der Waals surface area contributed by atoms with E-state index in [1.54, 1.807) is 34.4 Å². The van der Waals surface area contributed by atoms with Crippen molar-refractivity contribution in [2.24, 2.45) is 0 Å². The van der Waals surface area contributed by atoms with E-state index in [2.05, 4.69) is 20.7 Å². The van der Waals surface area contributed by atoms with Crippen LogP contribution in [0.2, 0.25) is 0 Å². The van der Waals surface area contributed by atoms with Crippen LogP contribution >= 0.6 is 34.4 Å². The largest absolute Gasteiger partial charge is 0.365 e. The first-order chi connectivity index (χ1) is 12.1. The number of hydrogen-bond acceptors (Lipinski definition) is 7. The fraction of sp³-hybridized carbons (Fsp3) is 0.278. The van der Waals surface area contributed by atoms with Gasteiger partial charge in [0.2, 0.25) is 0 Å². The lowest BCUT2D eigenvalue weighted by Gasteiger charge is -1.97. The molecule has 0 atom stereocenters. The van der Waals surface area contributed by atoms with Crippen LogP contribution in [0.5, 0.6) is 0 Å². The number of anilines is 1. The number of thioether (sulfide) groups is 1. The summed E-state index contributed by atoms with van der Waals surface area (Å²) in [4.78, 5) is 21.4. The van der Waals surface area contributed by atoms with Gasteiger partial charge in [0, 0.05) is 23.7 Å². The van der Waals surface area contributed by atoms with Gasteiger partial charge in [-0.1, -0.05) is 12.1 Å². The smallest absolute Gasteiger partial charge is 0.182 e. The molecule has 0 aliphatic heterocycles. The minimum absolute atomic E-state index is 0.522. The highest BCUT2D eigenvalue weighted by atomic mass is 32.2. The molecule has 1 aromatic carbocycles. The molecule has 0 aliphatic rings. The molecule has 4 nitrogen and oxygen atoms in total. The molecular weight excluding hydrogens is 370 g/mol. The molecule has 0 amide bonds. The van der Waals surface area contributed by atoms with E-state index in [4.69, 9.17) is 0 Å². The number of carbonyl (C=O) groups is 1. The normalized spacial score (nSPS) is 10.1. The molecule has 25 heavy (non-hydrogen) atoms. The van der Waals surface area contributed by atoms with Crippen LogP contribution in [0.15, 0.2) is 34.5 Å². The van der Waals surface area contributed by atoms with Gasteiger partial charge in [-0.05, 0) is 37.8 Å². The first-order valence-corrected chi connectivity index (χ1v) is 10.6. The second kappa shape index (κ2) is 9.70. The van der Waals surface area contributed by atoms with Crippen LogP contribution in [-0.4, -0.2) is 29.6 Å². The van der Waals surface area contributed by atoms with Crippen molar-refractivity contribution in [3.05, 3.63) is 45.9 Å². The van der Waals surface area contributed by atoms with Crippen molar-refractivity contribution < 1.29 is 4.79 Å². The minimum Gasteiger partial charge on any atom is -0.365 e. The summed E-state index contributed by atoms with van der Waals surface area (Å²) >= 11 is 5.01. The number of nitrogens with zero attached hydrogens (tertiary/aromatic N) is 2. The molecule has 0 radical (unpaired) electrons. The van der Waals surface area contributed by atoms with Crippen LogP contribution < -0.4 is 5.32 Å². The van der Waals surface area contributed by atoms with Crippen molar-refractivity contribution in [1.82, 2.24) is 9.97 Å². The number of thiazole rings is 2. The fourth-order valence-corrected chi connectivity index (χ4v) is 4.26. The van der Waals surface area contributed by atoms with Gasteiger partial charge in [-0.2, -0.15) is 0 Å². The van der Waals surface area contributed by atoms with E-state index >= 15 is 0 Å². The molecule has 3 aromatic rings. The summed E-state index contributed by atoms with van der Waals surface area (Å²) in [6.07, 6.45) is 3.48. The van der Waals surface area contributed by atoms with E-state index in [0.717, 1.165) is 33.4 Å². The maximum absolute atomic E-state index is 10.2. The van der Waals surface area contributed by atoms with E-state index in [1.807, 2.05) is 51.4 Å². The lowest BCUT2D eigenvalue weighted by molar-refractivity contribution is -0.107. The first-order valence-electron chi connectivity index (χ1n) is 7.71. The average molecular weight is 392 g/mol. The Morgan fingerprint density at radius 1 is 1.28 bits per heavy atom. The predicted octanol–water partition coefficient (Wildman–Crippen LogP) is 5.08. The van der Waals surface area contributed by atoms with Crippen LogP contribution in [0.1, 0.15) is 16.3 Å². The molecule has 0 saturated carbocycles. The Morgan fingerprint density at radius 3 is 2.64 bits per heavy atom. The first kappa shape index (κ1) is 19.6. The Kier molecular flexibility index (Phi) is 7.61. The number of benzene rings is 1. The molecule has 0 unspecified atom stereocenters. The summed E-state index contributed by atoms with van der Waals surface area (Å²) in [6, 6.07) is 8.02. The van der Waals surface area contributed by atoms with Crippen molar-refractivity contribution >= 4 is 45.9 Å². The van der Waals surface area contributed by atoms with E-state index in [-0.39, 0.29) is 0 Å². The van der Waals surface area contributed by atoms with Crippen LogP contribution in [0, 0.1) is 13.8 Å². The monoisotopic (exact) mass is 391 g/mol. The molecule has 0 bridgehead atoms. The van der Waals surface area contributed by atoms with Gasteiger partial charge in [0.25, 0.3) is 0 Å². The number of hydrogen-bond donors (Lipinski definition) is 1. The summed E-state index contributed by atoms with van der Waals surface area (Å²) in [7, 11) is 1.88. The Hall–Kier alpha value is -1.70. The standard InChI is InChI=1S/C9H11N3S2.C9H10OS/c1-5-8(14-6(2)11-5)7-4-13-9(10-3)12-7;1-11-9-4-2-3-8(7-9)5-6-10/h4H,1-3H3,(H,10,12);2-4,6-7H,5H2,1H3. The Bertz CT molecular complexity index is 827. The third-order valence-electron chi connectivity index (χ3n) is 3.31. The summed E-state index contributed by atoms with van der Waals surface area (Å²) in [5.41, 5.74) is 3.19. The van der Waals surface area contributed by atoms with Gasteiger partial charge in [-0.3, -0.25) is 0 Å². The fourth-order valence-electron chi connectivity index (χ4n) is 2.16. The molecule has 7 heteroatoms. The number of aldehydes is 1. The highest BCUT2D eigenvalue weighted by Crippen LogP contribution is 2.31. The highest BCUT2D eigenvalue weighted by Gasteiger charge is 2.10. The molecule has 132 valence electrons. The zero-order valence-corrected chi connectivity index (χ0v) is 17.1. The molecule has 0 aliphatic carbocycles. The summed E-state index contributed by atoms with van der Waals surface area (Å²) < 4.78 is 0. The van der Waals surface area contributed by atoms with E-state index in [9.17, 15) is 4.79 Å². The second-order valence-electron chi connectivity index (χ2n) is 5.16. The second-order valence-corrected chi connectivity index (χ2v) is 8.10. The zero-order chi connectivity index (χ0) is 18.2. The third kappa shape index (κ3) is 5.66. The number of aryl methyl sites for hydroxylation is 2. The minimum atomic E-state index is 0.522. The van der Waals surface area contributed by atoms with Gasteiger partial charge in [0.1, 0.15) is 6.29 Å².